The van der Waals surface area contributed by atoms with Crippen LogP contribution in [0.3, 0.4) is 0 Å². The van der Waals surface area contributed by atoms with Gasteiger partial charge in [-0.25, -0.2) is 0 Å². The van der Waals surface area contributed by atoms with Gasteiger partial charge in [-0.2, -0.15) is 17.4 Å². The van der Waals surface area contributed by atoms with Crippen LogP contribution in [-0.4, -0.2) is 56.1 Å². The minimum Gasteiger partial charge on any atom is -0.480 e. The van der Waals surface area contributed by atoms with Crippen LogP contribution < -0.4 is 4.72 Å². The molecule has 1 aliphatic heterocycles. The Balaban J connectivity index is 2.68. The van der Waals surface area contributed by atoms with Crippen LogP contribution in [0.4, 0.5) is 0 Å². The molecule has 8 heteroatoms. The van der Waals surface area contributed by atoms with E-state index in [1.165, 1.54) is 4.31 Å². The van der Waals surface area contributed by atoms with Crippen LogP contribution >= 0.6 is 0 Å². The number of carboxylic acids is 1. The predicted molar refractivity (Wildman–Crippen MR) is 65.3 cm³/mol. The predicted octanol–water partition coefficient (Wildman–Crippen LogP) is -0.348. The molecule has 18 heavy (non-hydrogen) atoms. The van der Waals surface area contributed by atoms with Gasteiger partial charge >= 0.3 is 5.97 Å². The van der Waals surface area contributed by atoms with Crippen LogP contribution in [0.15, 0.2) is 0 Å². The summed E-state index contributed by atoms with van der Waals surface area (Å²) in [5.41, 5.74) is 0. The molecule has 0 saturated carbocycles. The molecule has 0 unspecified atom stereocenters. The van der Waals surface area contributed by atoms with E-state index in [4.69, 9.17) is 9.84 Å². The number of aliphatic carboxylic acids is 1. The van der Waals surface area contributed by atoms with Gasteiger partial charge in [0.05, 0.1) is 13.2 Å². The third-order valence-corrected chi connectivity index (χ3v) is 4.23. The van der Waals surface area contributed by atoms with Crippen molar-refractivity contribution in [2.45, 2.75) is 26.3 Å². The fraction of sp³-hybridized carbons (Fsp3) is 0.900. The second-order valence-electron chi connectivity index (χ2n) is 4.65. The van der Waals surface area contributed by atoms with Crippen molar-refractivity contribution in [3.05, 3.63) is 0 Å². The van der Waals surface area contributed by atoms with Gasteiger partial charge in [-0.3, -0.25) is 4.79 Å². The summed E-state index contributed by atoms with van der Waals surface area (Å²) in [6.07, 6.45) is 0.263. The Labute approximate surface area is 107 Å². The van der Waals surface area contributed by atoms with Crippen molar-refractivity contribution in [2.24, 2.45) is 5.92 Å². The van der Waals surface area contributed by atoms with E-state index in [9.17, 15) is 13.2 Å². The topological polar surface area (TPSA) is 95.9 Å². The number of hydrogen-bond acceptors (Lipinski definition) is 4. The highest BCUT2D eigenvalue weighted by Gasteiger charge is 2.30. The summed E-state index contributed by atoms with van der Waals surface area (Å²) in [7, 11) is -3.75. The Morgan fingerprint density at radius 1 is 1.39 bits per heavy atom. The molecule has 1 aliphatic rings. The minimum absolute atomic E-state index is 0.0958. The summed E-state index contributed by atoms with van der Waals surface area (Å²) in [6.45, 7) is 4.87. The van der Waals surface area contributed by atoms with Gasteiger partial charge in [0.25, 0.3) is 10.2 Å². The van der Waals surface area contributed by atoms with E-state index in [1.54, 1.807) is 0 Å². The SMILES string of the molecule is CC(C)C[C@H](NS(=O)(=O)N1CCOCC1)C(=O)O. The van der Waals surface area contributed by atoms with Crippen LogP contribution in [0.2, 0.25) is 0 Å². The molecular formula is C10H20N2O5S. The van der Waals surface area contributed by atoms with Crippen LogP contribution in [0.25, 0.3) is 0 Å². The van der Waals surface area contributed by atoms with E-state index in [0.29, 0.717) is 13.2 Å². The quantitative estimate of drug-likeness (QED) is 0.693. The Hall–Kier alpha value is -0.700. The fourth-order valence-corrected chi connectivity index (χ4v) is 3.05. The lowest BCUT2D eigenvalue weighted by Crippen LogP contribution is -2.51. The summed E-state index contributed by atoms with van der Waals surface area (Å²) >= 11 is 0. The fourth-order valence-electron chi connectivity index (χ4n) is 1.71. The first-order valence-corrected chi connectivity index (χ1v) is 7.35. The number of rotatable bonds is 6. The van der Waals surface area contributed by atoms with Crippen molar-refractivity contribution in [3.8, 4) is 0 Å². The summed E-state index contributed by atoms with van der Waals surface area (Å²) in [5.74, 6) is -1.06. The Bertz CT molecular complexity index is 376. The lowest BCUT2D eigenvalue weighted by Gasteiger charge is -2.28. The molecule has 0 aromatic rings. The van der Waals surface area contributed by atoms with Gasteiger partial charge in [-0.05, 0) is 12.3 Å². The number of carboxylic acid groups (broad SMARTS) is 1. The summed E-state index contributed by atoms with van der Waals surface area (Å²) in [4.78, 5) is 11.0. The van der Waals surface area contributed by atoms with Crippen LogP contribution in [0.1, 0.15) is 20.3 Å². The zero-order valence-electron chi connectivity index (χ0n) is 10.6. The lowest BCUT2D eigenvalue weighted by molar-refractivity contribution is -0.139. The molecule has 0 aromatic heterocycles. The van der Waals surface area contributed by atoms with Gasteiger partial charge in [0.15, 0.2) is 0 Å². The molecule has 0 aliphatic carbocycles. The largest absolute Gasteiger partial charge is 0.480 e. The minimum atomic E-state index is -3.75. The molecule has 0 radical (unpaired) electrons. The molecule has 2 N–H and O–H groups in total. The summed E-state index contributed by atoms with van der Waals surface area (Å²) < 4.78 is 32.5. The van der Waals surface area contributed by atoms with E-state index in [1.807, 2.05) is 13.8 Å². The molecule has 0 bridgehead atoms. The normalized spacial score (nSPS) is 19.9. The third-order valence-electron chi connectivity index (χ3n) is 2.61. The monoisotopic (exact) mass is 280 g/mol. The maximum atomic E-state index is 12.0. The van der Waals surface area contributed by atoms with Crippen molar-refractivity contribution >= 4 is 16.2 Å². The van der Waals surface area contributed by atoms with E-state index in [-0.39, 0.29) is 25.4 Å². The Kier molecular flexibility index (Phi) is 5.51. The average Bonchev–Trinajstić information content (AvgIpc) is 2.28. The highest BCUT2D eigenvalue weighted by Crippen LogP contribution is 2.09. The first-order chi connectivity index (χ1) is 8.33. The van der Waals surface area contributed by atoms with Crippen LogP contribution in [0, 0.1) is 5.92 Å². The van der Waals surface area contributed by atoms with Crippen molar-refractivity contribution in [1.82, 2.24) is 9.03 Å². The first-order valence-electron chi connectivity index (χ1n) is 5.91. The Morgan fingerprint density at radius 2 is 1.94 bits per heavy atom. The molecule has 7 nitrogen and oxygen atoms in total. The maximum Gasteiger partial charge on any atom is 0.321 e. The molecule has 0 amide bonds. The molecule has 1 saturated heterocycles. The highest BCUT2D eigenvalue weighted by molar-refractivity contribution is 7.87. The van der Waals surface area contributed by atoms with Gasteiger partial charge in [0, 0.05) is 13.1 Å². The lowest BCUT2D eigenvalue weighted by atomic mass is 10.1. The zero-order valence-corrected chi connectivity index (χ0v) is 11.4. The van der Waals surface area contributed by atoms with Gasteiger partial charge in [0.2, 0.25) is 0 Å². The van der Waals surface area contributed by atoms with Gasteiger partial charge < -0.3 is 9.84 Å². The number of nitrogens with one attached hydrogen (secondary N) is 1. The van der Waals surface area contributed by atoms with E-state index >= 15 is 0 Å². The average molecular weight is 280 g/mol. The summed E-state index contributed by atoms with van der Waals surface area (Å²) in [6, 6.07) is -1.09. The standard InChI is InChI=1S/C10H20N2O5S/c1-8(2)7-9(10(13)14)11-18(15,16)12-3-5-17-6-4-12/h8-9,11H,3-7H2,1-2H3,(H,13,14)/t9-/m0/s1. The van der Waals surface area contributed by atoms with Crippen molar-refractivity contribution in [3.63, 3.8) is 0 Å². The molecule has 1 fully saturated rings. The van der Waals surface area contributed by atoms with Crippen molar-refractivity contribution < 1.29 is 23.1 Å². The zero-order chi connectivity index (χ0) is 13.8. The molecule has 1 heterocycles. The molecule has 0 aromatic carbocycles. The van der Waals surface area contributed by atoms with Crippen LogP contribution in [-0.2, 0) is 19.7 Å². The maximum absolute atomic E-state index is 12.0. The Morgan fingerprint density at radius 3 is 2.39 bits per heavy atom. The van der Waals surface area contributed by atoms with E-state index in [0.717, 1.165) is 0 Å². The number of hydrogen-bond donors (Lipinski definition) is 2. The first kappa shape index (κ1) is 15.4. The molecule has 0 spiro atoms. The third kappa shape index (κ3) is 4.52. The smallest absolute Gasteiger partial charge is 0.321 e. The second-order valence-corrected chi connectivity index (χ2v) is 6.36. The number of nitrogens with zero attached hydrogens (tertiary/aromatic N) is 1. The second kappa shape index (κ2) is 6.46. The van der Waals surface area contributed by atoms with Gasteiger partial charge in [-0.15, -0.1) is 0 Å². The summed E-state index contributed by atoms with van der Waals surface area (Å²) in [5, 5.41) is 9.01. The molecule has 106 valence electrons. The van der Waals surface area contributed by atoms with E-state index < -0.39 is 22.2 Å². The highest BCUT2D eigenvalue weighted by atomic mass is 32.2. The number of morpholine rings is 1. The van der Waals surface area contributed by atoms with E-state index in [2.05, 4.69) is 4.72 Å². The van der Waals surface area contributed by atoms with Crippen molar-refractivity contribution in [2.75, 3.05) is 26.3 Å². The molecular weight excluding hydrogens is 260 g/mol. The van der Waals surface area contributed by atoms with Crippen molar-refractivity contribution in [1.29, 1.82) is 0 Å². The van der Waals surface area contributed by atoms with Gasteiger partial charge in [0.1, 0.15) is 6.04 Å². The van der Waals surface area contributed by atoms with Crippen LogP contribution in [0.5, 0.6) is 0 Å². The molecule has 1 rings (SSSR count). The number of ether oxygens (including phenoxy) is 1. The van der Waals surface area contributed by atoms with Gasteiger partial charge in [-0.1, -0.05) is 13.8 Å². The molecule has 1 atom stereocenters. The number of carbonyl (C=O) groups is 1.